The summed E-state index contributed by atoms with van der Waals surface area (Å²) in [4.78, 5) is 24.6. The van der Waals surface area contributed by atoms with E-state index in [1.54, 1.807) is 0 Å². The summed E-state index contributed by atoms with van der Waals surface area (Å²) in [5.41, 5.74) is 0.180. The Balaban J connectivity index is 2.62. The first-order valence-electron chi connectivity index (χ1n) is 6.13. The van der Waals surface area contributed by atoms with Crippen LogP contribution in [-0.2, 0) is 0 Å². The lowest BCUT2D eigenvalue weighted by atomic mass is 9.83. The molecule has 1 heterocycles. The van der Waals surface area contributed by atoms with Crippen molar-refractivity contribution in [2.75, 3.05) is 20.1 Å². The summed E-state index contributed by atoms with van der Waals surface area (Å²) in [7, 11) is 1.83. The third-order valence-electron chi connectivity index (χ3n) is 3.61. The molecule has 1 aromatic carbocycles. The number of carboxylic acid groups (broad SMARTS) is 2. The topological polar surface area (TPSA) is 102 Å². The third kappa shape index (κ3) is 2.36. The summed E-state index contributed by atoms with van der Waals surface area (Å²) in [6, 6.07) is 6.33. The molecule has 6 nitrogen and oxygen atoms in total. The zero-order valence-electron chi connectivity index (χ0n) is 10.9. The molecule has 6 heteroatoms. The van der Waals surface area contributed by atoms with E-state index in [0.29, 0.717) is 13.1 Å². The summed E-state index contributed by atoms with van der Waals surface area (Å²) < 4.78 is 0. The maximum atomic E-state index is 11.3. The number of hydrogen-bond acceptors (Lipinski definition) is 4. The maximum absolute atomic E-state index is 11.3. The number of carboxylic acids is 2. The molecule has 1 aromatic rings. The molecule has 0 amide bonds. The van der Waals surface area contributed by atoms with Crippen molar-refractivity contribution in [1.82, 2.24) is 4.90 Å². The fourth-order valence-corrected chi connectivity index (χ4v) is 2.76. The predicted octanol–water partition coefficient (Wildman–Crippen LogP) is 1.25. The number of rotatable bonds is 3. The second-order valence-corrected chi connectivity index (χ2v) is 4.94. The Morgan fingerprint density at radius 3 is 2.25 bits per heavy atom. The molecule has 1 saturated heterocycles. The molecule has 20 heavy (non-hydrogen) atoms. The van der Waals surface area contributed by atoms with Gasteiger partial charge in [0.25, 0.3) is 0 Å². The highest BCUT2D eigenvalue weighted by Crippen LogP contribution is 2.35. The maximum Gasteiger partial charge on any atom is 0.336 e. The van der Waals surface area contributed by atoms with Crippen LogP contribution in [0.2, 0.25) is 0 Å². The lowest BCUT2D eigenvalue weighted by Gasteiger charge is -2.18. The molecule has 0 bridgehead atoms. The zero-order valence-corrected chi connectivity index (χ0v) is 10.9. The van der Waals surface area contributed by atoms with Gasteiger partial charge in [0.2, 0.25) is 0 Å². The molecule has 0 aliphatic carbocycles. The SMILES string of the molecule is CN1CC(c2c(C(=O)O)cccc2C(=O)O)[C@H](C#N)C1. The van der Waals surface area contributed by atoms with Crippen LogP contribution in [0.3, 0.4) is 0 Å². The van der Waals surface area contributed by atoms with Gasteiger partial charge in [-0.25, -0.2) is 9.59 Å². The fraction of sp³-hybridized carbons (Fsp3) is 0.357. The molecule has 0 aromatic heterocycles. The van der Waals surface area contributed by atoms with Crippen molar-refractivity contribution in [3.8, 4) is 6.07 Å². The Bertz CT molecular complexity index is 573. The van der Waals surface area contributed by atoms with E-state index in [1.807, 2.05) is 11.9 Å². The number of aromatic carboxylic acids is 2. The minimum Gasteiger partial charge on any atom is -0.478 e. The Labute approximate surface area is 115 Å². The third-order valence-corrected chi connectivity index (χ3v) is 3.61. The smallest absolute Gasteiger partial charge is 0.336 e. The Hall–Kier alpha value is -2.39. The summed E-state index contributed by atoms with van der Waals surface area (Å²) in [6.45, 7) is 0.983. The molecule has 1 fully saturated rings. The fourth-order valence-electron chi connectivity index (χ4n) is 2.76. The van der Waals surface area contributed by atoms with Gasteiger partial charge in [-0.05, 0) is 24.7 Å². The summed E-state index contributed by atoms with van der Waals surface area (Å²) in [6.07, 6.45) is 0. The van der Waals surface area contributed by atoms with E-state index in [1.165, 1.54) is 18.2 Å². The predicted molar refractivity (Wildman–Crippen MR) is 69.7 cm³/mol. The second kappa shape index (κ2) is 5.31. The van der Waals surface area contributed by atoms with Gasteiger partial charge in [0.05, 0.1) is 23.1 Å². The number of carbonyl (C=O) groups is 2. The van der Waals surface area contributed by atoms with Gasteiger partial charge in [-0.1, -0.05) is 6.07 Å². The van der Waals surface area contributed by atoms with Gasteiger partial charge in [-0.15, -0.1) is 0 Å². The minimum atomic E-state index is -1.17. The van der Waals surface area contributed by atoms with Crippen molar-refractivity contribution in [2.24, 2.45) is 5.92 Å². The van der Waals surface area contributed by atoms with E-state index in [-0.39, 0.29) is 16.7 Å². The number of benzene rings is 1. The van der Waals surface area contributed by atoms with Crippen molar-refractivity contribution in [1.29, 1.82) is 5.26 Å². The van der Waals surface area contributed by atoms with Crippen LogP contribution in [0.25, 0.3) is 0 Å². The van der Waals surface area contributed by atoms with Crippen molar-refractivity contribution in [3.63, 3.8) is 0 Å². The second-order valence-electron chi connectivity index (χ2n) is 4.94. The van der Waals surface area contributed by atoms with Gasteiger partial charge < -0.3 is 15.1 Å². The van der Waals surface area contributed by atoms with Gasteiger partial charge in [0, 0.05) is 19.0 Å². The number of likely N-dealkylation sites (tertiary alicyclic amines) is 1. The summed E-state index contributed by atoms with van der Waals surface area (Å²) in [5, 5.41) is 27.7. The van der Waals surface area contributed by atoms with E-state index in [2.05, 4.69) is 6.07 Å². The summed E-state index contributed by atoms with van der Waals surface area (Å²) in [5.74, 6) is -3.15. The van der Waals surface area contributed by atoms with Gasteiger partial charge in [0.15, 0.2) is 0 Å². The molecule has 104 valence electrons. The average Bonchev–Trinajstić information content (AvgIpc) is 2.78. The molecular weight excluding hydrogens is 260 g/mol. The quantitative estimate of drug-likeness (QED) is 0.860. The zero-order chi connectivity index (χ0) is 14.9. The van der Waals surface area contributed by atoms with Gasteiger partial charge >= 0.3 is 11.9 Å². The number of likely N-dealkylation sites (N-methyl/N-ethyl adjacent to an activating group) is 1. The molecule has 2 atom stereocenters. The minimum absolute atomic E-state index is 0.0366. The van der Waals surface area contributed by atoms with Crippen molar-refractivity contribution < 1.29 is 19.8 Å². The monoisotopic (exact) mass is 274 g/mol. The standard InChI is InChI=1S/C14H14N2O4/c1-16-6-8(5-15)11(7-16)12-9(13(17)18)3-2-4-10(12)14(19)20/h2-4,8,11H,6-7H2,1H3,(H,17,18)(H,19,20)/t8-,11?/m1/s1. The first-order valence-corrected chi connectivity index (χ1v) is 6.13. The van der Waals surface area contributed by atoms with Crippen LogP contribution in [0.15, 0.2) is 18.2 Å². The van der Waals surface area contributed by atoms with Crippen molar-refractivity contribution in [2.45, 2.75) is 5.92 Å². The van der Waals surface area contributed by atoms with Crippen molar-refractivity contribution in [3.05, 3.63) is 34.9 Å². The molecule has 2 N–H and O–H groups in total. The average molecular weight is 274 g/mol. The van der Waals surface area contributed by atoms with Crippen LogP contribution in [0, 0.1) is 17.2 Å². The van der Waals surface area contributed by atoms with Crippen LogP contribution >= 0.6 is 0 Å². The van der Waals surface area contributed by atoms with E-state index >= 15 is 0 Å². The lowest BCUT2D eigenvalue weighted by molar-refractivity contribution is 0.0694. The molecule has 1 unspecified atom stereocenters. The highest BCUT2D eigenvalue weighted by atomic mass is 16.4. The highest BCUT2D eigenvalue weighted by Gasteiger charge is 2.36. The van der Waals surface area contributed by atoms with Crippen LogP contribution in [0.1, 0.15) is 32.2 Å². The molecule has 2 rings (SSSR count). The number of hydrogen-bond donors (Lipinski definition) is 2. The van der Waals surface area contributed by atoms with Crippen LogP contribution in [0.5, 0.6) is 0 Å². The highest BCUT2D eigenvalue weighted by molar-refractivity contribution is 5.97. The Kier molecular flexibility index (Phi) is 3.72. The van der Waals surface area contributed by atoms with Crippen LogP contribution < -0.4 is 0 Å². The van der Waals surface area contributed by atoms with E-state index in [0.717, 1.165) is 0 Å². The lowest BCUT2D eigenvalue weighted by Crippen LogP contribution is -2.18. The van der Waals surface area contributed by atoms with Gasteiger partial charge in [-0.2, -0.15) is 5.26 Å². The molecule has 0 radical (unpaired) electrons. The van der Waals surface area contributed by atoms with Gasteiger partial charge in [0.1, 0.15) is 0 Å². The van der Waals surface area contributed by atoms with E-state index in [4.69, 9.17) is 0 Å². The molecule has 1 aliphatic heterocycles. The van der Waals surface area contributed by atoms with E-state index < -0.39 is 23.8 Å². The van der Waals surface area contributed by atoms with Gasteiger partial charge in [-0.3, -0.25) is 0 Å². The molecule has 1 aliphatic rings. The molecular formula is C14H14N2O4. The first-order chi connectivity index (χ1) is 9.45. The van der Waals surface area contributed by atoms with Crippen LogP contribution in [-0.4, -0.2) is 47.2 Å². The Morgan fingerprint density at radius 2 is 1.80 bits per heavy atom. The largest absolute Gasteiger partial charge is 0.478 e. The van der Waals surface area contributed by atoms with Crippen LogP contribution in [0.4, 0.5) is 0 Å². The molecule has 0 spiro atoms. The molecule has 0 saturated carbocycles. The normalized spacial score (nSPS) is 22.4. The number of nitrogens with zero attached hydrogens (tertiary/aromatic N) is 2. The number of nitriles is 1. The Morgan fingerprint density at radius 1 is 1.25 bits per heavy atom. The summed E-state index contributed by atoms with van der Waals surface area (Å²) >= 11 is 0. The first kappa shape index (κ1) is 14.0. The van der Waals surface area contributed by atoms with E-state index in [9.17, 15) is 25.1 Å². The van der Waals surface area contributed by atoms with Crippen molar-refractivity contribution >= 4 is 11.9 Å².